The Kier molecular flexibility index (Phi) is 12.8. The number of carbonyl (C=O) groups excluding carboxylic acids is 1. The zero-order valence-electron chi connectivity index (χ0n) is 22.6. The number of carbonyl (C=O) groups is 1. The van der Waals surface area contributed by atoms with E-state index in [4.69, 9.17) is 24.7 Å². The normalized spacial score (nSPS) is 27.6. The molecule has 7 heteroatoms. The number of hydrogen-bond donors (Lipinski definition) is 2. The molecule has 6 atom stereocenters. The van der Waals surface area contributed by atoms with Crippen LogP contribution >= 0.6 is 0 Å². The van der Waals surface area contributed by atoms with E-state index in [0.29, 0.717) is 18.9 Å². The molecule has 0 aromatic carbocycles. The van der Waals surface area contributed by atoms with Crippen LogP contribution in [0.2, 0.25) is 0 Å². The van der Waals surface area contributed by atoms with Crippen molar-refractivity contribution in [3.8, 4) is 0 Å². The molecular formula is C27H52N2O5. The second kappa shape index (κ2) is 14.7. The largest absolute Gasteiger partial charge is 0.350 e. The summed E-state index contributed by atoms with van der Waals surface area (Å²) in [6.07, 6.45) is 12.1. The number of amides is 1. The molecule has 0 unspecified atom stereocenters. The summed E-state index contributed by atoms with van der Waals surface area (Å²) in [5.74, 6) is -0.498. The predicted molar refractivity (Wildman–Crippen MR) is 135 cm³/mol. The Balaban J connectivity index is 1.73. The van der Waals surface area contributed by atoms with Gasteiger partial charge in [-0.15, -0.1) is 0 Å². The van der Waals surface area contributed by atoms with Crippen molar-refractivity contribution in [2.45, 2.75) is 155 Å². The molecule has 0 spiro atoms. The van der Waals surface area contributed by atoms with Gasteiger partial charge in [-0.05, 0) is 39.5 Å². The van der Waals surface area contributed by atoms with Crippen molar-refractivity contribution in [3.63, 3.8) is 0 Å². The summed E-state index contributed by atoms with van der Waals surface area (Å²) in [5.41, 5.74) is 6.06. The van der Waals surface area contributed by atoms with Crippen LogP contribution in [0.3, 0.4) is 0 Å². The lowest BCUT2D eigenvalue weighted by atomic mass is 10.0. The van der Waals surface area contributed by atoms with Crippen molar-refractivity contribution >= 4 is 5.91 Å². The van der Waals surface area contributed by atoms with Crippen molar-refractivity contribution in [2.75, 3.05) is 6.61 Å². The molecule has 34 heavy (non-hydrogen) atoms. The van der Waals surface area contributed by atoms with Crippen LogP contribution in [0.4, 0.5) is 0 Å². The van der Waals surface area contributed by atoms with Crippen molar-refractivity contribution in [1.29, 1.82) is 0 Å². The first-order chi connectivity index (χ1) is 16.1. The Morgan fingerprint density at radius 2 is 1.50 bits per heavy atom. The fourth-order valence-electron chi connectivity index (χ4n) is 4.95. The number of fused-ring (bicyclic) bond motifs is 1. The second-order valence-electron chi connectivity index (χ2n) is 11.1. The maximum atomic E-state index is 12.5. The van der Waals surface area contributed by atoms with Crippen LogP contribution in [0.15, 0.2) is 0 Å². The molecule has 2 saturated heterocycles. The van der Waals surface area contributed by atoms with Gasteiger partial charge in [0, 0.05) is 6.61 Å². The lowest BCUT2D eigenvalue weighted by molar-refractivity contribution is -0.236. The van der Waals surface area contributed by atoms with Crippen LogP contribution in [0, 0.1) is 5.92 Å². The zero-order valence-corrected chi connectivity index (χ0v) is 22.6. The molecule has 200 valence electrons. The molecule has 2 aliphatic rings. The fourth-order valence-corrected chi connectivity index (χ4v) is 4.95. The van der Waals surface area contributed by atoms with Crippen LogP contribution < -0.4 is 11.1 Å². The molecule has 0 aliphatic carbocycles. The SMILES string of the molecule is CCCCCCCCCCCCO[C@H]1O[C@H]([C@H](C)NC(=O)[C@@H](N)CC(C)C)[C@@H]2OC(C)(C)O[C@H]12. The van der Waals surface area contributed by atoms with Gasteiger partial charge in [-0.1, -0.05) is 78.6 Å². The summed E-state index contributed by atoms with van der Waals surface area (Å²) in [6.45, 7) is 12.8. The molecule has 0 bridgehead atoms. The molecule has 2 aliphatic heterocycles. The third kappa shape index (κ3) is 9.73. The van der Waals surface area contributed by atoms with E-state index in [1.54, 1.807) is 0 Å². The minimum Gasteiger partial charge on any atom is -0.350 e. The molecule has 2 fully saturated rings. The highest BCUT2D eigenvalue weighted by atomic mass is 16.8. The highest BCUT2D eigenvalue weighted by molar-refractivity contribution is 5.81. The number of hydrogen-bond acceptors (Lipinski definition) is 6. The quantitative estimate of drug-likeness (QED) is 0.281. The van der Waals surface area contributed by atoms with Crippen molar-refractivity contribution in [3.05, 3.63) is 0 Å². The van der Waals surface area contributed by atoms with E-state index >= 15 is 0 Å². The smallest absolute Gasteiger partial charge is 0.237 e. The number of rotatable bonds is 17. The summed E-state index contributed by atoms with van der Waals surface area (Å²) in [6, 6.07) is -0.790. The van der Waals surface area contributed by atoms with Gasteiger partial charge in [0.15, 0.2) is 12.1 Å². The molecule has 0 aromatic rings. The van der Waals surface area contributed by atoms with Crippen LogP contribution in [0.5, 0.6) is 0 Å². The summed E-state index contributed by atoms with van der Waals surface area (Å²) >= 11 is 0. The van der Waals surface area contributed by atoms with Gasteiger partial charge in [0.25, 0.3) is 0 Å². The highest BCUT2D eigenvalue weighted by Gasteiger charge is 2.57. The van der Waals surface area contributed by atoms with E-state index in [0.717, 1.165) is 6.42 Å². The third-order valence-electron chi connectivity index (χ3n) is 6.75. The van der Waals surface area contributed by atoms with Gasteiger partial charge in [0.1, 0.15) is 18.3 Å². The van der Waals surface area contributed by atoms with Gasteiger partial charge >= 0.3 is 0 Å². The van der Waals surface area contributed by atoms with E-state index in [1.165, 1.54) is 57.8 Å². The topological polar surface area (TPSA) is 92.0 Å². The second-order valence-corrected chi connectivity index (χ2v) is 11.1. The van der Waals surface area contributed by atoms with Crippen LogP contribution in [0.1, 0.15) is 112 Å². The number of unbranched alkanes of at least 4 members (excludes halogenated alkanes) is 9. The monoisotopic (exact) mass is 484 g/mol. The Labute approximate surface area is 208 Å². The highest BCUT2D eigenvalue weighted by Crippen LogP contribution is 2.40. The Hall–Kier alpha value is -0.730. The summed E-state index contributed by atoms with van der Waals surface area (Å²) in [5, 5.41) is 3.02. The van der Waals surface area contributed by atoms with Crippen molar-refractivity contribution in [1.82, 2.24) is 5.32 Å². The summed E-state index contributed by atoms with van der Waals surface area (Å²) in [7, 11) is 0. The van der Waals surface area contributed by atoms with Gasteiger partial charge in [0.05, 0.1) is 12.1 Å². The first kappa shape index (κ1) is 29.5. The maximum absolute atomic E-state index is 12.5. The van der Waals surface area contributed by atoms with Crippen molar-refractivity contribution < 1.29 is 23.7 Å². The lowest BCUT2D eigenvalue weighted by Crippen LogP contribution is -2.51. The first-order valence-corrected chi connectivity index (χ1v) is 13.8. The Morgan fingerprint density at radius 3 is 2.09 bits per heavy atom. The van der Waals surface area contributed by atoms with Crippen molar-refractivity contribution in [2.24, 2.45) is 11.7 Å². The van der Waals surface area contributed by atoms with E-state index in [-0.39, 0.29) is 30.3 Å². The molecule has 0 aromatic heterocycles. The van der Waals surface area contributed by atoms with Crippen LogP contribution in [-0.4, -0.2) is 55.0 Å². The molecule has 1 amide bonds. The molecular weight excluding hydrogens is 432 g/mol. The minimum absolute atomic E-state index is 0.158. The third-order valence-corrected chi connectivity index (χ3v) is 6.75. The summed E-state index contributed by atoms with van der Waals surface area (Å²) in [4.78, 5) is 12.5. The standard InChI is InChI=1S/C27H52N2O5/c1-7-8-9-10-11-12-13-14-15-16-17-31-26-24-23(33-27(5,6)34-24)22(32-26)20(4)29-25(30)21(28)18-19(2)3/h19-24,26H,7-18,28H2,1-6H3,(H,29,30)/t20-,21-,22+,23-,24-,26-/m0/s1. The zero-order chi connectivity index (χ0) is 25.1. The molecule has 2 heterocycles. The van der Waals surface area contributed by atoms with E-state index in [2.05, 4.69) is 26.1 Å². The first-order valence-electron chi connectivity index (χ1n) is 13.8. The van der Waals surface area contributed by atoms with Gasteiger partial charge in [0.2, 0.25) is 5.91 Å². The van der Waals surface area contributed by atoms with E-state index < -0.39 is 18.1 Å². The van der Waals surface area contributed by atoms with E-state index in [1.807, 2.05) is 20.8 Å². The molecule has 0 radical (unpaired) electrons. The number of nitrogens with one attached hydrogen (secondary N) is 1. The minimum atomic E-state index is -0.701. The fraction of sp³-hybridized carbons (Fsp3) is 0.963. The van der Waals surface area contributed by atoms with Crippen LogP contribution in [-0.2, 0) is 23.7 Å². The molecule has 0 saturated carbocycles. The predicted octanol–water partition coefficient (Wildman–Crippen LogP) is 5.05. The lowest BCUT2D eigenvalue weighted by Gasteiger charge is -2.28. The van der Waals surface area contributed by atoms with Crippen LogP contribution in [0.25, 0.3) is 0 Å². The average Bonchev–Trinajstić information content (AvgIpc) is 3.24. The maximum Gasteiger partial charge on any atom is 0.237 e. The Bertz CT molecular complexity index is 585. The number of nitrogens with two attached hydrogens (primary N) is 1. The van der Waals surface area contributed by atoms with Gasteiger partial charge in [-0.3, -0.25) is 4.79 Å². The molecule has 7 nitrogen and oxygen atoms in total. The average molecular weight is 485 g/mol. The molecule has 2 rings (SSSR count). The molecule has 3 N–H and O–H groups in total. The van der Waals surface area contributed by atoms with Gasteiger partial charge in [-0.25, -0.2) is 0 Å². The van der Waals surface area contributed by atoms with Gasteiger partial charge in [-0.2, -0.15) is 0 Å². The number of ether oxygens (including phenoxy) is 4. The Morgan fingerprint density at radius 1 is 0.941 bits per heavy atom. The summed E-state index contributed by atoms with van der Waals surface area (Å²) < 4.78 is 24.6. The van der Waals surface area contributed by atoms with Gasteiger partial charge < -0.3 is 30.0 Å². The van der Waals surface area contributed by atoms with E-state index in [9.17, 15) is 4.79 Å².